The highest BCUT2D eigenvalue weighted by Gasteiger charge is 2.41. The van der Waals surface area contributed by atoms with E-state index in [0.29, 0.717) is 5.89 Å². The SMILES string of the molecule is Cc1cccc(N(c2ccc(-c3nc4ccccc4o3)cc2)c2ccc3c(c2)C(C)(C)C2=CC(N(C4=CCC(C5NC6=C(CCC=C6)O5)C=C4)c4cccc(C)c4)CC=C23)c1. The van der Waals surface area contributed by atoms with Gasteiger partial charge in [0.05, 0.1) is 11.7 Å². The zero-order valence-electron chi connectivity index (χ0n) is 35.2. The summed E-state index contributed by atoms with van der Waals surface area (Å²) in [5.74, 6) is 2.00. The van der Waals surface area contributed by atoms with Crippen LogP contribution in [0, 0.1) is 19.8 Å². The number of hydrogen-bond acceptors (Lipinski definition) is 6. The van der Waals surface area contributed by atoms with Gasteiger partial charge in [-0.05, 0) is 151 Å². The van der Waals surface area contributed by atoms with E-state index in [-0.39, 0.29) is 23.6 Å². The van der Waals surface area contributed by atoms with Gasteiger partial charge in [0, 0.05) is 51.8 Å². The first-order chi connectivity index (χ1) is 29.8. The third-order valence-electron chi connectivity index (χ3n) is 13.1. The molecule has 0 bridgehead atoms. The summed E-state index contributed by atoms with van der Waals surface area (Å²) in [5, 5.41) is 3.65. The highest BCUT2D eigenvalue weighted by molar-refractivity contribution is 5.93. The number of aromatic nitrogens is 1. The minimum Gasteiger partial charge on any atom is -0.472 e. The normalized spacial score (nSPS) is 20.9. The summed E-state index contributed by atoms with van der Waals surface area (Å²) in [5.41, 5.74) is 17.2. The molecule has 4 aliphatic carbocycles. The number of allylic oxidation sites excluding steroid dienone is 7. The van der Waals surface area contributed by atoms with E-state index >= 15 is 0 Å². The molecule has 1 aromatic heterocycles. The number of rotatable bonds is 8. The fraction of sp³-hybridized carbons (Fsp3) is 0.218. The average molecular weight is 799 g/mol. The maximum absolute atomic E-state index is 6.42. The summed E-state index contributed by atoms with van der Waals surface area (Å²) in [6.45, 7) is 9.14. The largest absolute Gasteiger partial charge is 0.472 e. The fourth-order valence-corrected chi connectivity index (χ4v) is 9.97. The zero-order valence-corrected chi connectivity index (χ0v) is 35.2. The summed E-state index contributed by atoms with van der Waals surface area (Å²) < 4.78 is 12.6. The number of ether oxygens (including phenoxy) is 1. The average Bonchev–Trinajstić information content (AvgIpc) is 3.98. The molecule has 6 nitrogen and oxygen atoms in total. The third-order valence-corrected chi connectivity index (χ3v) is 13.1. The fourth-order valence-electron chi connectivity index (χ4n) is 9.97. The molecule has 0 spiro atoms. The molecule has 3 atom stereocenters. The Bertz CT molecular complexity index is 2870. The molecule has 0 amide bonds. The van der Waals surface area contributed by atoms with Crippen molar-refractivity contribution in [3.05, 3.63) is 203 Å². The topological polar surface area (TPSA) is 53.8 Å². The van der Waals surface area contributed by atoms with Crippen molar-refractivity contribution in [1.82, 2.24) is 10.3 Å². The second kappa shape index (κ2) is 14.7. The molecule has 0 radical (unpaired) electrons. The Morgan fingerprint density at radius 3 is 2.30 bits per heavy atom. The lowest BCUT2D eigenvalue weighted by Crippen LogP contribution is -2.37. The summed E-state index contributed by atoms with van der Waals surface area (Å²) in [6, 6.07) is 41.4. The van der Waals surface area contributed by atoms with Crippen molar-refractivity contribution in [2.24, 2.45) is 5.92 Å². The Morgan fingerprint density at radius 2 is 1.52 bits per heavy atom. The van der Waals surface area contributed by atoms with E-state index in [4.69, 9.17) is 14.1 Å². The molecule has 5 aromatic carbocycles. The van der Waals surface area contributed by atoms with E-state index in [0.717, 1.165) is 70.9 Å². The molecular formula is C55H50N4O2. The molecule has 11 rings (SSSR count). The minimum atomic E-state index is -0.211. The van der Waals surface area contributed by atoms with E-state index in [1.165, 1.54) is 44.8 Å². The molecule has 302 valence electrons. The first kappa shape index (κ1) is 37.2. The Labute approximate surface area is 358 Å². The van der Waals surface area contributed by atoms with E-state index < -0.39 is 0 Å². The number of oxazole rings is 1. The Morgan fingerprint density at radius 1 is 0.754 bits per heavy atom. The van der Waals surface area contributed by atoms with Crippen LogP contribution >= 0.6 is 0 Å². The van der Waals surface area contributed by atoms with Gasteiger partial charge in [-0.3, -0.25) is 0 Å². The molecule has 6 heteroatoms. The van der Waals surface area contributed by atoms with Gasteiger partial charge in [0.2, 0.25) is 5.89 Å². The van der Waals surface area contributed by atoms with E-state index in [2.05, 4.69) is 176 Å². The standard InChI is InChI=1S/C55H50N4O2/c1-35-11-9-13-41(31-35)58(39-23-19-37(20-24-39)53-56-49-15-5-7-17-51(49)60-53)43-27-29-45-46-30-28-44(34-48(46)55(3,4)47(45)33-43)59(42-14-10-12-36(2)32-42)40-25-21-38(22-26-40)54-57-50-16-6-8-18-52(50)61-54/h5-7,9-17,19-21,23-27,29-34,38,44,54,57H,8,18,22,28H2,1-4H3. The van der Waals surface area contributed by atoms with Crippen molar-refractivity contribution in [3.8, 4) is 11.5 Å². The van der Waals surface area contributed by atoms with E-state index in [9.17, 15) is 0 Å². The first-order valence-electron chi connectivity index (χ1n) is 21.7. The van der Waals surface area contributed by atoms with Crippen LogP contribution in [0.15, 0.2) is 185 Å². The van der Waals surface area contributed by atoms with Gasteiger partial charge in [0.25, 0.3) is 0 Å². The summed E-state index contributed by atoms with van der Waals surface area (Å²) >= 11 is 0. The van der Waals surface area contributed by atoms with Gasteiger partial charge in [0.15, 0.2) is 11.8 Å². The van der Waals surface area contributed by atoms with Crippen molar-refractivity contribution in [1.29, 1.82) is 0 Å². The van der Waals surface area contributed by atoms with Gasteiger partial charge in [0.1, 0.15) is 11.3 Å². The minimum absolute atomic E-state index is 0.0274. The quantitative estimate of drug-likeness (QED) is 0.166. The van der Waals surface area contributed by atoms with Crippen LogP contribution in [-0.4, -0.2) is 17.3 Å². The van der Waals surface area contributed by atoms with Crippen LogP contribution in [0.25, 0.3) is 28.1 Å². The van der Waals surface area contributed by atoms with Crippen molar-refractivity contribution in [2.45, 2.75) is 71.1 Å². The number of benzene rings is 5. The highest BCUT2D eigenvalue weighted by Crippen LogP contribution is 2.54. The zero-order chi connectivity index (χ0) is 41.2. The second-order valence-electron chi connectivity index (χ2n) is 17.6. The van der Waals surface area contributed by atoms with E-state index in [1.54, 1.807) is 0 Å². The highest BCUT2D eigenvalue weighted by atomic mass is 16.5. The molecule has 0 saturated heterocycles. The van der Waals surface area contributed by atoms with E-state index in [1.807, 2.05) is 24.3 Å². The molecule has 0 saturated carbocycles. The number of para-hydroxylation sites is 2. The van der Waals surface area contributed by atoms with Gasteiger partial charge in [-0.25, -0.2) is 4.98 Å². The van der Waals surface area contributed by atoms with Crippen LogP contribution in [0.1, 0.15) is 61.8 Å². The molecule has 2 heterocycles. The van der Waals surface area contributed by atoms with Crippen LogP contribution in [0.2, 0.25) is 0 Å². The Kier molecular flexibility index (Phi) is 8.99. The lowest BCUT2D eigenvalue weighted by atomic mass is 9.79. The van der Waals surface area contributed by atoms with Crippen LogP contribution in [-0.2, 0) is 10.2 Å². The number of fused-ring (bicyclic) bond motifs is 4. The lowest BCUT2D eigenvalue weighted by molar-refractivity contribution is 0.0860. The monoisotopic (exact) mass is 798 g/mol. The van der Waals surface area contributed by atoms with Gasteiger partial charge in [-0.2, -0.15) is 0 Å². The first-order valence-corrected chi connectivity index (χ1v) is 21.7. The Hall–Kier alpha value is -6.79. The predicted molar refractivity (Wildman–Crippen MR) is 249 cm³/mol. The molecule has 0 fully saturated rings. The molecule has 61 heavy (non-hydrogen) atoms. The van der Waals surface area contributed by atoms with Gasteiger partial charge >= 0.3 is 0 Å². The predicted octanol–water partition coefficient (Wildman–Crippen LogP) is 13.4. The van der Waals surface area contributed by atoms with Gasteiger partial charge < -0.3 is 24.3 Å². The number of nitrogens with one attached hydrogen (secondary N) is 1. The molecule has 3 unspecified atom stereocenters. The van der Waals surface area contributed by atoms with Crippen molar-refractivity contribution in [2.75, 3.05) is 9.80 Å². The van der Waals surface area contributed by atoms with Gasteiger partial charge in [-0.1, -0.05) is 86.7 Å². The van der Waals surface area contributed by atoms with Crippen LogP contribution in [0.3, 0.4) is 0 Å². The third kappa shape index (κ3) is 6.62. The summed E-state index contributed by atoms with van der Waals surface area (Å²) in [7, 11) is 0. The van der Waals surface area contributed by atoms with Gasteiger partial charge in [-0.15, -0.1) is 0 Å². The number of nitrogens with zero attached hydrogens (tertiary/aromatic N) is 3. The summed E-state index contributed by atoms with van der Waals surface area (Å²) in [6.07, 6.45) is 20.4. The van der Waals surface area contributed by atoms with Crippen LogP contribution < -0.4 is 15.1 Å². The molecule has 1 N–H and O–H groups in total. The maximum atomic E-state index is 6.42. The molecule has 1 aliphatic heterocycles. The lowest BCUT2D eigenvalue weighted by Gasteiger charge is -2.37. The molecule has 6 aromatic rings. The van der Waals surface area contributed by atoms with Crippen molar-refractivity contribution < 1.29 is 9.15 Å². The molecular weight excluding hydrogens is 749 g/mol. The second-order valence-corrected chi connectivity index (χ2v) is 17.6. The maximum Gasteiger partial charge on any atom is 0.227 e. The van der Waals surface area contributed by atoms with Crippen LogP contribution in [0.4, 0.5) is 22.7 Å². The Balaban J connectivity index is 0.913. The van der Waals surface area contributed by atoms with Crippen molar-refractivity contribution >= 4 is 39.4 Å². The number of hydrogen-bond donors (Lipinski definition) is 1. The smallest absolute Gasteiger partial charge is 0.227 e. The molecule has 5 aliphatic rings. The van der Waals surface area contributed by atoms with Crippen molar-refractivity contribution in [3.63, 3.8) is 0 Å². The number of aryl methyl sites for hydroxylation is 2. The van der Waals surface area contributed by atoms with Crippen LogP contribution in [0.5, 0.6) is 0 Å². The summed E-state index contributed by atoms with van der Waals surface area (Å²) in [4.78, 5) is 9.69. The number of anilines is 4.